The van der Waals surface area contributed by atoms with E-state index in [2.05, 4.69) is 247 Å². The van der Waals surface area contributed by atoms with Gasteiger partial charge < -0.3 is 4.90 Å². The van der Waals surface area contributed by atoms with E-state index in [0.717, 1.165) is 21.5 Å². The van der Waals surface area contributed by atoms with Crippen LogP contribution in [0.4, 0.5) is 17.1 Å². The number of hydrogen-bond donors (Lipinski definition) is 0. The second-order valence-corrected chi connectivity index (χ2v) is 19.1. The van der Waals surface area contributed by atoms with E-state index in [0.29, 0.717) is 0 Å². The SMILES string of the molecule is CC(C)(C)c1cccc(-c2cc(-c3ccccc3)cc(-c3cccc(C(C)(C)C)c3)c2N(c2ccc(-c3ccccc3)cc2)c2cc(Br)cc(C(C)(C)C)c2)c1. The maximum Gasteiger partial charge on any atom is 0.0618 e. The van der Waals surface area contributed by atoms with E-state index in [-0.39, 0.29) is 16.2 Å². The summed E-state index contributed by atoms with van der Waals surface area (Å²) in [6.07, 6.45) is 0. The smallest absolute Gasteiger partial charge is 0.0618 e. The molecule has 0 aromatic heterocycles. The van der Waals surface area contributed by atoms with E-state index in [9.17, 15) is 0 Å². The number of halogens is 1. The molecule has 0 aliphatic heterocycles. The average Bonchev–Trinajstić information content (AvgIpc) is 3.18. The Balaban J connectivity index is 1.63. The predicted octanol–water partition coefficient (Wildman–Crippen LogP) is 16.5. The molecule has 1 nitrogen and oxygen atoms in total. The highest BCUT2D eigenvalue weighted by Crippen LogP contribution is 2.50. The van der Waals surface area contributed by atoms with E-state index in [1.807, 2.05) is 0 Å². The van der Waals surface area contributed by atoms with E-state index in [1.165, 1.54) is 61.2 Å². The largest absolute Gasteiger partial charge is 0.309 e. The standard InChI is InChI=1S/C54H54BrN/c1-52(2,3)43-24-16-22-40(30-43)49-32-42(38-20-14-11-15-21-38)33-50(41-23-17-25-44(31-41)53(4,5)6)51(49)56(48-35-45(54(7,8)9)34-46(55)36-48)47-28-26-39(27-29-47)37-18-12-10-13-19-37/h10-36H,1-9H3. The summed E-state index contributed by atoms with van der Waals surface area (Å²) in [5.74, 6) is 0. The molecule has 7 rings (SSSR count). The lowest BCUT2D eigenvalue weighted by Crippen LogP contribution is -2.16. The molecule has 0 bridgehead atoms. The Kier molecular flexibility index (Phi) is 10.7. The van der Waals surface area contributed by atoms with Crippen molar-refractivity contribution in [2.24, 2.45) is 0 Å². The highest BCUT2D eigenvalue weighted by molar-refractivity contribution is 9.10. The van der Waals surface area contributed by atoms with Gasteiger partial charge >= 0.3 is 0 Å². The van der Waals surface area contributed by atoms with Crippen molar-refractivity contribution in [1.29, 1.82) is 0 Å². The van der Waals surface area contributed by atoms with Crippen LogP contribution >= 0.6 is 15.9 Å². The molecule has 282 valence electrons. The second kappa shape index (κ2) is 15.4. The Bertz CT molecular complexity index is 2380. The summed E-state index contributed by atoms with van der Waals surface area (Å²) in [6, 6.07) is 60.7. The lowest BCUT2D eigenvalue weighted by Gasteiger charge is -2.33. The molecule has 7 aromatic rings. The Hall–Kier alpha value is -5.18. The van der Waals surface area contributed by atoms with Gasteiger partial charge in [0.2, 0.25) is 0 Å². The van der Waals surface area contributed by atoms with Gasteiger partial charge in [0.1, 0.15) is 0 Å². The normalized spacial score (nSPS) is 12.1. The van der Waals surface area contributed by atoms with Crippen molar-refractivity contribution in [3.05, 3.63) is 185 Å². The number of anilines is 3. The molecule has 0 amide bonds. The molecule has 0 aliphatic rings. The van der Waals surface area contributed by atoms with Crippen LogP contribution in [-0.4, -0.2) is 0 Å². The molecule has 0 spiro atoms. The zero-order valence-corrected chi connectivity index (χ0v) is 36.0. The molecule has 0 saturated heterocycles. The van der Waals surface area contributed by atoms with Gasteiger partial charge in [-0.25, -0.2) is 0 Å². The van der Waals surface area contributed by atoms with Crippen molar-refractivity contribution in [2.75, 3.05) is 4.90 Å². The number of benzene rings is 7. The molecule has 0 fully saturated rings. The van der Waals surface area contributed by atoms with E-state index in [1.54, 1.807) is 0 Å². The molecular formula is C54H54BrN. The summed E-state index contributed by atoms with van der Waals surface area (Å²) in [4.78, 5) is 2.50. The van der Waals surface area contributed by atoms with Crippen molar-refractivity contribution < 1.29 is 0 Å². The van der Waals surface area contributed by atoms with Gasteiger partial charge in [0.15, 0.2) is 0 Å². The van der Waals surface area contributed by atoms with Gasteiger partial charge in [-0.15, -0.1) is 0 Å². The summed E-state index contributed by atoms with van der Waals surface area (Å²) in [6.45, 7) is 20.7. The van der Waals surface area contributed by atoms with Crippen LogP contribution in [0.25, 0.3) is 44.5 Å². The first-order valence-electron chi connectivity index (χ1n) is 19.8. The van der Waals surface area contributed by atoms with Crippen molar-refractivity contribution in [1.82, 2.24) is 0 Å². The topological polar surface area (TPSA) is 3.24 Å². The minimum absolute atomic E-state index is 0.0179. The highest BCUT2D eigenvalue weighted by Gasteiger charge is 2.27. The molecule has 7 aromatic carbocycles. The predicted molar refractivity (Wildman–Crippen MR) is 247 cm³/mol. The van der Waals surface area contributed by atoms with Crippen molar-refractivity contribution in [3.63, 3.8) is 0 Å². The zero-order chi connectivity index (χ0) is 39.8. The molecular weight excluding hydrogens is 743 g/mol. The third kappa shape index (κ3) is 8.47. The molecule has 0 atom stereocenters. The molecule has 2 heteroatoms. The minimum atomic E-state index is -0.0632. The van der Waals surface area contributed by atoms with E-state index < -0.39 is 0 Å². The fraction of sp³-hybridized carbons (Fsp3) is 0.222. The lowest BCUT2D eigenvalue weighted by molar-refractivity contribution is 0.590. The quantitative estimate of drug-likeness (QED) is 0.155. The summed E-state index contributed by atoms with van der Waals surface area (Å²) in [5.41, 5.74) is 16.6. The first-order chi connectivity index (χ1) is 26.6. The molecule has 56 heavy (non-hydrogen) atoms. The highest BCUT2D eigenvalue weighted by atomic mass is 79.9. The van der Waals surface area contributed by atoms with Crippen LogP contribution in [0.5, 0.6) is 0 Å². The molecule has 0 saturated carbocycles. The van der Waals surface area contributed by atoms with Crippen LogP contribution in [0.3, 0.4) is 0 Å². The Morgan fingerprint density at radius 2 is 0.768 bits per heavy atom. The summed E-state index contributed by atoms with van der Waals surface area (Å²) in [7, 11) is 0. The van der Waals surface area contributed by atoms with Gasteiger partial charge in [0.25, 0.3) is 0 Å². The maximum atomic E-state index is 3.97. The van der Waals surface area contributed by atoms with Crippen LogP contribution in [0.15, 0.2) is 168 Å². The molecule has 0 N–H and O–H groups in total. The Morgan fingerprint density at radius 3 is 1.23 bits per heavy atom. The van der Waals surface area contributed by atoms with Gasteiger partial charge in [0.05, 0.1) is 5.69 Å². The first-order valence-corrected chi connectivity index (χ1v) is 20.6. The van der Waals surface area contributed by atoms with Gasteiger partial charge in [-0.05, 0) is 109 Å². The van der Waals surface area contributed by atoms with Crippen LogP contribution in [0.1, 0.15) is 79.0 Å². The van der Waals surface area contributed by atoms with Crippen molar-refractivity contribution in [2.45, 2.75) is 78.6 Å². The lowest BCUT2D eigenvalue weighted by atomic mass is 9.82. The van der Waals surface area contributed by atoms with Crippen LogP contribution in [0, 0.1) is 0 Å². The van der Waals surface area contributed by atoms with Gasteiger partial charge in [0, 0.05) is 27.0 Å². The monoisotopic (exact) mass is 795 g/mol. The van der Waals surface area contributed by atoms with Crippen LogP contribution in [-0.2, 0) is 16.2 Å². The van der Waals surface area contributed by atoms with Crippen molar-refractivity contribution in [3.8, 4) is 44.5 Å². The molecule has 0 unspecified atom stereocenters. The Labute approximate surface area is 344 Å². The zero-order valence-electron chi connectivity index (χ0n) is 34.4. The van der Waals surface area contributed by atoms with Crippen LogP contribution < -0.4 is 4.90 Å². The van der Waals surface area contributed by atoms with Gasteiger partial charge in [-0.1, -0.05) is 200 Å². The summed E-state index contributed by atoms with van der Waals surface area (Å²) >= 11 is 3.97. The summed E-state index contributed by atoms with van der Waals surface area (Å²) in [5, 5.41) is 0. The molecule has 0 radical (unpaired) electrons. The van der Waals surface area contributed by atoms with E-state index in [4.69, 9.17) is 0 Å². The minimum Gasteiger partial charge on any atom is -0.309 e. The fourth-order valence-corrected chi connectivity index (χ4v) is 7.88. The van der Waals surface area contributed by atoms with E-state index >= 15 is 0 Å². The maximum absolute atomic E-state index is 3.97. The van der Waals surface area contributed by atoms with Crippen LogP contribution in [0.2, 0.25) is 0 Å². The van der Waals surface area contributed by atoms with Crippen molar-refractivity contribution >= 4 is 33.0 Å². The molecule has 0 heterocycles. The third-order valence-electron chi connectivity index (χ3n) is 10.8. The Morgan fingerprint density at radius 1 is 0.339 bits per heavy atom. The average molecular weight is 797 g/mol. The van der Waals surface area contributed by atoms with Gasteiger partial charge in [-0.3, -0.25) is 0 Å². The fourth-order valence-electron chi connectivity index (χ4n) is 7.40. The second-order valence-electron chi connectivity index (χ2n) is 18.1. The number of rotatable bonds is 7. The number of nitrogens with zero attached hydrogens (tertiary/aromatic N) is 1. The first kappa shape index (κ1) is 39.1. The molecule has 0 aliphatic carbocycles. The summed E-state index contributed by atoms with van der Waals surface area (Å²) < 4.78 is 1.05. The number of hydrogen-bond acceptors (Lipinski definition) is 1. The third-order valence-corrected chi connectivity index (χ3v) is 11.2. The van der Waals surface area contributed by atoms with Gasteiger partial charge in [-0.2, -0.15) is 0 Å².